The second-order valence-electron chi connectivity index (χ2n) is 21.3. The largest absolute Gasteiger partial charge is 0.507 e. The zero-order chi connectivity index (χ0) is 55.7. The summed E-state index contributed by atoms with van der Waals surface area (Å²) >= 11 is 0. The second-order valence-corrected chi connectivity index (χ2v) is 21.3. The number of ether oxygens (including phenoxy) is 9. The number of fused-ring (bicyclic) bond motifs is 15. The van der Waals surface area contributed by atoms with Crippen LogP contribution in [0.5, 0.6) is 11.5 Å². The molecule has 22 heteroatoms. The van der Waals surface area contributed by atoms with Gasteiger partial charge >= 0.3 is 17.7 Å². The standard InChI is InChI=1S/C54H71N3O19/c1-25-13-12-14-33(30(6)73-52(67)53(9,10)23-38(60)56-57-16-19-68-20-17-57)44(62)27(3)43(61)28(4)47(74-32(8)58)26(2)36(75-39-22-37-49(31(7)72-39)70-24-69-37)15-18-71-54(11)50(65)42-40-35(59)21-34(55-51(25)66)46(64)41(40)45(63)29(5)48(42)76-54/h12-15,18,21,26-28,30-31,33,36-37,39,43-44,47,49,61-63H,16-17,19-20,22-24H2,1-11H3,(H,55,66)(H,56,60)/b14-12+,18-15+,25-13-/t26-,27+,28-,30?,31-,33-,36+,37+,39+,43-,44-,47-,49-,54+/m1/s1. The first-order chi connectivity index (χ1) is 35.7. The first-order valence-corrected chi connectivity index (χ1v) is 25.6. The fourth-order valence-electron chi connectivity index (χ4n) is 10.4. The van der Waals surface area contributed by atoms with Crippen molar-refractivity contribution < 1.29 is 91.5 Å². The molecule has 5 bridgehead atoms. The van der Waals surface area contributed by atoms with E-state index >= 15 is 0 Å². The fourth-order valence-corrected chi connectivity index (χ4v) is 10.4. The Morgan fingerprint density at radius 2 is 1.66 bits per heavy atom. The Morgan fingerprint density at radius 1 is 0.961 bits per heavy atom. The third-order valence-electron chi connectivity index (χ3n) is 15.1. The minimum atomic E-state index is -2.18. The van der Waals surface area contributed by atoms with E-state index in [9.17, 15) is 48.9 Å². The van der Waals surface area contributed by atoms with Crippen LogP contribution in [0.3, 0.4) is 0 Å². The number of esters is 2. The van der Waals surface area contributed by atoms with Crippen LogP contribution in [0.4, 0.5) is 0 Å². The van der Waals surface area contributed by atoms with Gasteiger partial charge < -0.3 is 63.3 Å². The third kappa shape index (κ3) is 12.1. The Balaban J connectivity index is 1.26. The molecule has 3 saturated heterocycles. The monoisotopic (exact) mass is 1070 g/mol. The highest BCUT2D eigenvalue weighted by Crippen LogP contribution is 2.48. The number of aliphatic hydroxyl groups excluding tert-OH is 2. The summed E-state index contributed by atoms with van der Waals surface area (Å²) in [6, 6.07) is 0. The van der Waals surface area contributed by atoms with Crippen LogP contribution in [0.15, 0.2) is 47.9 Å². The van der Waals surface area contributed by atoms with Crippen LogP contribution in [0, 0.1) is 36.0 Å². The van der Waals surface area contributed by atoms with Crippen LogP contribution < -0.4 is 15.5 Å². The molecule has 76 heavy (non-hydrogen) atoms. The molecule has 14 atom stereocenters. The number of hydrogen-bond donors (Lipinski definition) is 5. The van der Waals surface area contributed by atoms with Gasteiger partial charge in [-0.1, -0.05) is 39.0 Å². The van der Waals surface area contributed by atoms with E-state index < -0.39 is 141 Å². The van der Waals surface area contributed by atoms with Gasteiger partial charge in [0.2, 0.25) is 11.7 Å². The molecule has 3 fully saturated rings. The number of Topliss-reactive ketones (excluding diaryl/α,β-unsaturated/α-hetero) is 2. The summed E-state index contributed by atoms with van der Waals surface area (Å²) in [4.78, 5) is 96.2. The first kappa shape index (κ1) is 57.8. The smallest absolute Gasteiger partial charge is 0.312 e. The van der Waals surface area contributed by atoms with Gasteiger partial charge in [0.25, 0.3) is 11.7 Å². The predicted octanol–water partition coefficient (Wildman–Crippen LogP) is 3.57. The molecule has 6 aliphatic heterocycles. The van der Waals surface area contributed by atoms with Gasteiger partial charge in [-0.2, -0.15) is 0 Å². The highest BCUT2D eigenvalue weighted by Gasteiger charge is 2.52. The Labute approximate surface area is 441 Å². The molecule has 1 aromatic rings. The summed E-state index contributed by atoms with van der Waals surface area (Å²) in [6.45, 7) is 18.4. The summed E-state index contributed by atoms with van der Waals surface area (Å²) in [5.74, 6) is -12.5. The summed E-state index contributed by atoms with van der Waals surface area (Å²) in [7, 11) is 0. The SMILES string of the molecule is CC(=O)O[C@H]1[C@H](C)[C@H](O)[C@H](C)[C@@H](O)[C@@H](C(C)OC(=O)C(C)(C)CC(=O)NN2CCOCC2)/C=C/C=C(/C)C(=O)NC2=CC(=O)c3c(c(O)c(C)c4c3C(=O)[C@@](C)(O/C=C/[C@H](O[C@H]3C[C@@H]5OCO[C@@H]5[C@@H](C)O3)[C@H]1C)O4)C2=O. The van der Waals surface area contributed by atoms with Gasteiger partial charge in [0.1, 0.15) is 36.6 Å². The minimum absolute atomic E-state index is 0.00412. The molecule has 0 spiro atoms. The van der Waals surface area contributed by atoms with Crippen LogP contribution in [-0.2, 0) is 57.1 Å². The van der Waals surface area contributed by atoms with Crippen LogP contribution >= 0.6 is 0 Å². The maximum Gasteiger partial charge on any atom is 0.312 e. The number of carbonyl (C=O) groups is 7. The lowest BCUT2D eigenvalue weighted by atomic mass is 9.77. The summed E-state index contributed by atoms with van der Waals surface area (Å²) < 4.78 is 53.8. The van der Waals surface area contributed by atoms with Crippen molar-refractivity contribution in [3.05, 3.63) is 70.2 Å². The molecule has 6 heterocycles. The lowest BCUT2D eigenvalue weighted by Gasteiger charge is -2.41. The number of rotatable bonds is 9. The number of hydrazine groups is 1. The zero-order valence-corrected chi connectivity index (χ0v) is 44.7. The van der Waals surface area contributed by atoms with Crippen molar-refractivity contribution in [1.82, 2.24) is 15.8 Å². The van der Waals surface area contributed by atoms with E-state index in [0.29, 0.717) is 26.3 Å². The molecular formula is C54H71N3O19. The van der Waals surface area contributed by atoms with Crippen molar-refractivity contribution in [3.63, 3.8) is 0 Å². The lowest BCUT2D eigenvalue weighted by Crippen LogP contribution is -2.50. The number of allylic oxidation sites excluding steroid dienone is 4. The number of ketones is 3. The number of carbonyl (C=O) groups excluding carboxylic acids is 7. The minimum Gasteiger partial charge on any atom is -0.507 e. The molecule has 8 rings (SSSR count). The van der Waals surface area contributed by atoms with Crippen LogP contribution in [-0.4, -0.2) is 155 Å². The second kappa shape index (κ2) is 23.4. The molecule has 2 amide bonds. The van der Waals surface area contributed by atoms with Gasteiger partial charge in [0.15, 0.2) is 12.1 Å². The van der Waals surface area contributed by atoms with Gasteiger partial charge in [-0.25, -0.2) is 5.01 Å². The molecule has 22 nitrogen and oxygen atoms in total. The lowest BCUT2D eigenvalue weighted by molar-refractivity contribution is -0.246. The van der Waals surface area contributed by atoms with E-state index in [1.54, 1.807) is 46.6 Å². The van der Waals surface area contributed by atoms with Crippen molar-refractivity contribution in [3.8, 4) is 11.5 Å². The number of hydrogen-bond acceptors (Lipinski definition) is 20. The summed E-state index contributed by atoms with van der Waals surface area (Å²) in [5.41, 5.74) is -0.420. The summed E-state index contributed by atoms with van der Waals surface area (Å²) in [5, 5.41) is 40.2. The Morgan fingerprint density at radius 3 is 2.34 bits per heavy atom. The van der Waals surface area contributed by atoms with Crippen molar-refractivity contribution in [2.45, 2.75) is 150 Å². The molecule has 0 saturated carbocycles. The number of morpholine rings is 1. The Bertz CT molecular complexity index is 2580. The molecule has 416 valence electrons. The maximum absolute atomic E-state index is 14.4. The van der Waals surface area contributed by atoms with E-state index in [1.165, 1.54) is 58.9 Å². The van der Waals surface area contributed by atoms with E-state index in [1.807, 2.05) is 0 Å². The molecule has 5 N–H and O–H groups in total. The quantitative estimate of drug-likeness (QED) is 0.221. The molecule has 0 radical (unpaired) electrons. The molecule has 1 unspecified atom stereocenters. The molecule has 0 aromatic heterocycles. The van der Waals surface area contributed by atoms with Crippen LogP contribution in [0.2, 0.25) is 0 Å². The van der Waals surface area contributed by atoms with Crippen LogP contribution in [0.1, 0.15) is 119 Å². The Kier molecular flexibility index (Phi) is 17.8. The number of benzene rings is 1. The Hall–Kier alpha value is -5.85. The normalized spacial score (nSPS) is 34.5. The van der Waals surface area contributed by atoms with Gasteiger partial charge in [-0.3, -0.25) is 39.0 Å². The molecule has 1 aromatic carbocycles. The van der Waals surface area contributed by atoms with Gasteiger partial charge in [-0.05, 0) is 47.6 Å². The number of nitrogens with one attached hydrogen (secondary N) is 2. The van der Waals surface area contributed by atoms with Gasteiger partial charge in [0, 0.05) is 80.7 Å². The van der Waals surface area contributed by atoms with Crippen molar-refractivity contribution in [1.29, 1.82) is 0 Å². The van der Waals surface area contributed by atoms with Crippen molar-refractivity contribution in [2.24, 2.45) is 29.1 Å². The van der Waals surface area contributed by atoms with Gasteiger partial charge in [0.05, 0.1) is 77.8 Å². The first-order valence-electron chi connectivity index (χ1n) is 25.6. The number of nitrogens with zero attached hydrogens (tertiary/aromatic N) is 1. The maximum atomic E-state index is 14.4. The number of amides is 2. The molecular weight excluding hydrogens is 995 g/mol. The van der Waals surface area contributed by atoms with Crippen molar-refractivity contribution >= 4 is 41.1 Å². The average molecular weight is 1070 g/mol. The number of phenolic OH excluding ortho intramolecular Hbond substituents is 1. The zero-order valence-electron chi connectivity index (χ0n) is 44.7. The average Bonchev–Trinajstić information content (AvgIpc) is 4.03. The van der Waals surface area contributed by atoms with E-state index in [-0.39, 0.29) is 54.3 Å². The van der Waals surface area contributed by atoms with E-state index in [4.69, 9.17) is 42.6 Å². The number of aliphatic hydroxyl groups is 2. The highest BCUT2D eigenvalue weighted by atomic mass is 16.7. The number of aromatic hydroxyl groups is 1. The third-order valence-corrected chi connectivity index (χ3v) is 15.1. The van der Waals surface area contributed by atoms with Crippen molar-refractivity contribution in [2.75, 3.05) is 33.1 Å². The van der Waals surface area contributed by atoms with E-state index in [2.05, 4.69) is 10.7 Å². The van der Waals surface area contributed by atoms with E-state index in [0.717, 1.165) is 12.3 Å². The molecule has 7 aliphatic rings. The van der Waals surface area contributed by atoms with Crippen LogP contribution in [0.25, 0.3) is 0 Å². The molecule has 1 aliphatic carbocycles. The topological polar surface area (TPSA) is 291 Å². The fraction of sp³-hybridized carbons (Fsp3) is 0.611. The number of phenols is 1. The summed E-state index contributed by atoms with van der Waals surface area (Å²) in [6.07, 6.45) is -0.875. The highest BCUT2D eigenvalue weighted by molar-refractivity contribution is 6.30. The predicted molar refractivity (Wildman–Crippen MR) is 266 cm³/mol. The van der Waals surface area contributed by atoms with Gasteiger partial charge in [-0.15, -0.1) is 0 Å².